The van der Waals surface area contributed by atoms with Crippen LogP contribution in [0.25, 0.3) is 0 Å². The van der Waals surface area contributed by atoms with Crippen LogP contribution in [0.2, 0.25) is 0 Å². The normalized spacial score (nSPS) is 14.2. The Labute approximate surface area is 135 Å². The van der Waals surface area contributed by atoms with Crippen molar-refractivity contribution < 1.29 is 4.79 Å². The maximum Gasteiger partial charge on any atom is 0.234 e. The van der Waals surface area contributed by atoms with Crippen LogP contribution in [-0.4, -0.2) is 26.4 Å². The fourth-order valence-corrected chi connectivity index (χ4v) is 3.35. The minimum atomic E-state index is -0.0406. The Bertz CT molecular complexity index is 669. The molecule has 0 bridgehead atoms. The second kappa shape index (κ2) is 6.19. The number of halogens is 1. The zero-order chi connectivity index (χ0) is 14.8. The molecular formula is C14H15BrN4OS. The predicted octanol–water partition coefficient (Wildman–Crippen LogP) is 3.41. The lowest BCUT2D eigenvalue weighted by atomic mass is 10.3. The van der Waals surface area contributed by atoms with E-state index in [0.717, 1.165) is 21.1 Å². The number of hydrogen-bond donors (Lipinski definition) is 1. The highest BCUT2D eigenvalue weighted by Gasteiger charge is 2.28. The summed E-state index contributed by atoms with van der Waals surface area (Å²) in [5.74, 6) is 1.21. The van der Waals surface area contributed by atoms with Gasteiger partial charge in [-0.25, -0.2) is 0 Å². The number of benzene rings is 1. The van der Waals surface area contributed by atoms with Crippen LogP contribution in [0, 0.1) is 6.92 Å². The zero-order valence-electron chi connectivity index (χ0n) is 11.5. The third-order valence-electron chi connectivity index (χ3n) is 3.19. The first kappa shape index (κ1) is 14.6. The summed E-state index contributed by atoms with van der Waals surface area (Å²) in [6.45, 7) is 1.96. The molecule has 1 aromatic carbocycles. The Morgan fingerprint density at radius 1 is 1.48 bits per heavy atom. The molecule has 0 aliphatic heterocycles. The number of carbonyl (C=O) groups excluding carboxylic acids is 1. The molecule has 1 aliphatic carbocycles. The van der Waals surface area contributed by atoms with Crippen molar-refractivity contribution >= 4 is 39.3 Å². The first-order valence-electron chi connectivity index (χ1n) is 6.73. The number of anilines is 1. The summed E-state index contributed by atoms with van der Waals surface area (Å²) in [6, 6.07) is 8.07. The van der Waals surface area contributed by atoms with Crippen LogP contribution < -0.4 is 5.32 Å². The summed E-state index contributed by atoms with van der Waals surface area (Å²) in [5, 5.41) is 12.0. The molecule has 1 saturated carbocycles. The first-order valence-corrected chi connectivity index (χ1v) is 8.51. The number of rotatable bonds is 5. The van der Waals surface area contributed by atoms with Crippen LogP contribution in [0.1, 0.15) is 24.7 Å². The second-order valence-corrected chi connectivity index (χ2v) is 6.84. The molecule has 3 rings (SSSR count). The van der Waals surface area contributed by atoms with Crippen molar-refractivity contribution in [2.24, 2.45) is 0 Å². The first-order chi connectivity index (χ1) is 10.1. The van der Waals surface area contributed by atoms with E-state index in [1.165, 1.54) is 24.6 Å². The molecule has 2 aromatic rings. The molecule has 1 fully saturated rings. The average molecular weight is 367 g/mol. The van der Waals surface area contributed by atoms with Crippen molar-refractivity contribution in [2.45, 2.75) is 31.0 Å². The fraction of sp³-hybridized carbons (Fsp3) is 0.357. The molecule has 0 spiro atoms. The SMILES string of the molecule is Cc1nnc(SCC(=O)Nc2cccc(Br)c2)n1C1CC1. The van der Waals surface area contributed by atoms with E-state index in [0.29, 0.717) is 11.8 Å². The van der Waals surface area contributed by atoms with Gasteiger partial charge in [0.2, 0.25) is 5.91 Å². The van der Waals surface area contributed by atoms with E-state index >= 15 is 0 Å². The van der Waals surface area contributed by atoms with Gasteiger partial charge in [0.05, 0.1) is 5.75 Å². The number of nitrogens with one attached hydrogen (secondary N) is 1. The number of aryl methyl sites for hydroxylation is 1. The largest absolute Gasteiger partial charge is 0.325 e. The molecule has 0 atom stereocenters. The summed E-state index contributed by atoms with van der Waals surface area (Å²) in [6.07, 6.45) is 2.35. The van der Waals surface area contributed by atoms with Gasteiger partial charge >= 0.3 is 0 Å². The van der Waals surface area contributed by atoms with Gasteiger partial charge in [0.25, 0.3) is 0 Å². The highest BCUT2D eigenvalue weighted by Crippen LogP contribution is 2.38. The average Bonchev–Trinajstić information content (AvgIpc) is 3.20. The van der Waals surface area contributed by atoms with Crippen molar-refractivity contribution in [2.75, 3.05) is 11.1 Å². The molecule has 5 nitrogen and oxygen atoms in total. The van der Waals surface area contributed by atoms with Crippen molar-refractivity contribution in [1.82, 2.24) is 14.8 Å². The molecule has 1 N–H and O–H groups in total. The molecule has 1 aromatic heterocycles. The maximum atomic E-state index is 12.0. The summed E-state index contributed by atoms with van der Waals surface area (Å²) >= 11 is 4.82. The standard InChI is InChI=1S/C14H15BrN4OS/c1-9-17-18-14(19(9)12-5-6-12)21-8-13(20)16-11-4-2-3-10(15)7-11/h2-4,7,12H,5-6,8H2,1H3,(H,16,20). The van der Waals surface area contributed by atoms with Crippen LogP contribution in [-0.2, 0) is 4.79 Å². The Hall–Kier alpha value is -1.34. The van der Waals surface area contributed by atoms with E-state index in [1.54, 1.807) is 0 Å². The number of aromatic nitrogens is 3. The number of nitrogens with zero attached hydrogens (tertiary/aromatic N) is 3. The summed E-state index contributed by atoms with van der Waals surface area (Å²) in [5.41, 5.74) is 0.787. The minimum Gasteiger partial charge on any atom is -0.325 e. The maximum absolute atomic E-state index is 12.0. The third kappa shape index (κ3) is 3.65. The van der Waals surface area contributed by atoms with Crippen molar-refractivity contribution in [3.05, 3.63) is 34.6 Å². The third-order valence-corrected chi connectivity index (χ3v) is 4.62. The van der Waals surface area contributed by atoms with E-state index in [-0.39, 0.29) is 5.91 Å². The van der Waals surface area contributed by atoms with Gasteiger partial charge in [-0.3, -0.25) is 4.79 Å². The number of hydrogen-bond acceptors (Lipinski definition) is 4. The monoisotopic (exact) mass is 366 g/mol. The second-order valence-electron chi connectivity index (χ2n) is 4.98. The quantitative estimate of drug-likeness (QED) is 0.823. The van der Waals surface area contributed by atoms with Gasteiger partial charge in [-0.1, -0.05) is 33.8 Å². The van der Waals surface area contributed by atoms with Crippen LogP contribution >= 0.6 is 27.7 Å². The highest BCUT2D eigenvalue weighted by atomic mass is 79.9. The van der Waals surface area contributed by atoms with Crippen LogP contribution in [0.4, 0.5) is 5.69 Å². The van der Waals surface area contributed by atoms with E-state index in [2.05, 4.69) is 36.0 Å². The Balaban J connectivity index is 1.59. The van der Waals surface area contributed by atoms with Gasteiger partial charge < -0.3 is 9.88 Å². The highest BCUT2D eigenvalue weighted by molar-refractivity contribution is 9.10. The lowest BCUT2D eigenvalue weighted by Gasteiger charge is -2.07. The minimum absolute atomic E-state index is 0.0406. The van der Waals surface area contributed by atoms with Gasteiger partial charge in [0.1, 0.15) is 5.82 Å². The molecule has 1 heterocycles. The topological polar surface area (TPSA) is 59.8 Å². The molecule has 0 radical (unpaired) electrons. The van der Waals surface area contributed by atoms with E-state index < -0.39 is 0 Å². The lowest BCUT2D eigenvalue weighted by Crippen LogP contribution is -2.14. The van der Waals surface area contributed by atoms with Gasteiger partial charge in [-0.15, -0.1) is 10.2 Å². The lowest BCUT2D eigenvalue weighted by molar-refractivity contribution is -0.113. The van der Waals surface area contributed by atoms with E-state index in [9.17, 15) is 4.79 Å². The molecule has 1 aliphatic rings. The summed E-state index contributed by atoms with van der Waals surface area (Å²) < 4.78 is 3.08. The van der Waals surface area contributed by atoms with Crippen molar-refractivity contribution in [1.29, 1.82) is 0 Å². The molecule has 21 heavy (non-hydrogen) atoms. The predicted molar refractivity (Wildman–Crippen MR) is 86.5 cm³/mol. The van der Waals surface area contributed by atoms with Gasteiger partial charge in [0, 0.05) is 16.2 Å². The van der Waals surface area contributed by atoms with Crippen LogP contribution in [0.5, 0.6) is 0 Å². The van der Waals surface area contributed by atoms with Gasteiger partial charge in [0.15, 0.2) is 5.16 Å². The molecule has 110 valence electrons. The Kier molecular flexibility index (Phi) is 4.30. The molecule has 1 amide bonds. The fourth-order valence-electron chi connectivity index (χ4n) is 2.09. The Morgan fingerprint density at radius 3 is 3.00 bits per heavy atom. The number of carbonyl (C=O) groups is 1. The Morgan fingerprint density at radius 2 is 2.29 bits per heavy atom. The van der Waals surface area contributed by atoms with Crippen LogP contribution in [0.3, 0.4) is 0 Å². The number of thioether (sulfide) groups is 1. The molecule has 7 heteroatoms. The van der Waals surface area contributed by atoms with Crippen LogP contribution in [0.15, 0.2) is 33.9 Å². The summed E-state index contributed by atoms with van der Waals surface area (Å²) in [4.78, 5) is 12.0. The zero-order valence-corrected chi connectivity index (χ0v) is 13.9. The van der Waals surface area contributed by atoms with Gasteiger partial charge in [-0.05, 0) is 38.0 Å². The van der Waals surface area contributed by atoms with Gasteiger partial charge in [-0.2, -0.15) is 0 Å². The van der Waals surface area contributed by atoms with E-state index in [4.69, 9.17) is 0 Å². The smallest absolute Gasteiger partial charge is 0.234 e. The summed E-state index contributed by atoms with van der Waals surface area (Å²) in [7, 11) is 0. The molecule has 0 saturated heterocycles. The number of amides is 1. The molecular weight excluding hydrogens is 352 g/mol. The van der Waals surface area contributed by atoms with Crippen molar-refractivity contribution in [3.8, 4) is 0 Å². The molecule has 0 unspecified atom stereocenters. The van der Waals surface area contributed by atoms with Crippen molar-refractivity contribution in [3.63, 3.8) is 0 Å². The van der Waals surface area contributed by atoms with E-state index in [1.807, 2.05) is 31.2 Å².